The first kappa shape index (κ1) is 14.7. The van der Waals surface area contributed by atoms with E-state index in [-0.39, 0.29) is 0 Å². The van der Waals surface area contributed by atoms with Crippen molar-refractivity contribution < 1.29 is 4.79 Å². The number of Topliss-reactive ketones (excluding diaryl/α,β-unsaturated/α-hetero) is 1. The van der Waals surface area contributed by atoms with Crippen LogP contribution in [0.4, 0.5) is 0 Å². The van der Waals surface area contributed by atoms with Crippen molar-refractivity contribution >= 4 is 31.9 Å². The van der Waals surface area contributed by atoms with Crippen LogP contribution in [0.3, 0.4) is 0 Å². The van der Waals surface area contributed by atoms with Crippen molar-refractivity contribution in [2.24, 2.45) is 0 Å². The van der Waals surface area contributed by atoms with Gasteiger partial charge in [-0.25, -0.2) is 0 Å². The van der Waals surface area contributed by atoms with Crippen LogP contribution in [0, 0.1) is 0 Å². The average molecular weight is 271 g/mol. The quantitative estimate of drug-likeness (QED) is 0.712. The van der Waals surface area contributed by atoms with Gasteiger partial charge in [0.1, 0.15) is 5.78 Å². The molecule has 1 nitrogen and oxygen atoms in total. The fourth-order valence-electron chi connectivity index (χ4n) is 1.97. The molecule has 2 unspecified atom stereocenters. The summed E-state index contributed by atoms with van der Waals surface area (Å²) >= 11 is 6.01. The van der Waals surface area contributed by atoms with Crippen LogP contribution in [0.2, 0.25) is 5.02 Å². The highest BCUT2D eigenvalue weighted by atomic mass is 35.5. The Morgan fingerprint density at radius 2 is 2.12 bits per heavy atom. The molecule has 0 radical (unpaired) electrons. The van der Waals surface area contributed by atoms with E-state index in [4.69, 9.17) is 11.6 Å². The second kappa shape index (κ2) is 7.13. The van der Waals surface area contributed by atoms with Gasteiger partial charge < -0.3 is 0 Å². The summed E-state index contributed by atoms with van der Waals surface area (Å²) in [6.45, 7) is 4.08. The monoisotopic (exact) mass is 270 g/mol. The zero-order chi connectivity index (χ0) is 12.8. The summed E-state index contributed by atoms with van der Waals surface area (Å²) in [5.41, 5.74) is 1.23. The van der Waals surface area contributed by atoms with Gasteiger partial charge in [0.05, 0.1) is 0 Å². The van der Waals surface area contributed by atoms with Crippen molar-refractivity contribution in [2.75, 3.05) is 0 Å². The molecular weight excluding hydrogens is 251 g/mol. The van der Waals surface area contributed by atoms with Gasteiger partial charge in [0, 0.05) is 17.9 Å². The molecule has 3 heteroatoms. The summed E-state index contributed by atoms with van der Waals surface area (Å²) in [5, 5.41) is 1.77. The fourth-order valence-corrected chi connectivity index (χ4v) is 2.38. The Balaban J connectivity index is 2.88. The lowest BCUT2D eigenvalue weighted by molar-refractivity contribution is -0.119. The topological polar surface area (TPSA) is 17.1 Å². The molecule has 1 aromatic carbocycles. The lowest BCUT2D eigenvalue weighted by Gasteiger charge is -2.16. The van der Waals surface area contributed by atoms with Crippen LogP contribution in [0.25, 0.3) is 0 Å². The summed E-state index contributed by atoms with van der Waals surface area (Å²) < 4.78 is 0. The predicted molar refractivity (Wildman–Crippen MR) is 78.4 cm³/mol. The molecule has 2 atom stereocenters. The minimum Gasteiger partial charge on any atom is -0.300 e. The summed E-state index contributed by atoms with van der Waals surface area (Å²) in [6.07, 6.45) is 3.42. The third-order valence-corrected chi connectivity index (χ3v) is 4.00. The van der Waals surface area contributed by atoms with Crippen molar-refractivity contribution in [2.45, 2.75) is 45.4 Å². The van der Waals surface area contributed by atoms with Crippen molar-refractivity contribution in [1.82, 2.24) is 0 Å². The number of hydrogen-bond acceptors (Lipinski definition) is 1. The van der Waals surface area contributed by atoms with E-state index in [1.54, 1.807) is 0 Å². The minimum absolute atomic E-state index is 0.337. The van der Waals surface area contributed by atoms with E-state index < -0.39 is 0 Å². The Labute approximate surface area is 111 Å². The number of carbonyl (C=O) groups excluding carboxylic acids is 1. The smallest absolute Gasteiger partial charge is 0.133 e. The summed E-state index contributed by atoms with van der Waals surface area (Å²) in [4.78, 5) is 11.6. The largest absolute Gasteiger partial charge is 0.300 e. The summed E-state index contributed by atoms with van der Waals surface area (Å²) in [6, 6.07) is 6.04. The van der Waals surface area contributed by atoms with Crippen LogP contribution in [-0.4, -0.2) is 5.78 Å². The van der Waals surface area contributed by atoms with Gasteiger partial charge in [0.2, 0.25) is 0 Å². The lowest BCUT2D eigenvalue weighted by atomic mass is 9.89. The Bertz CT molecular complexity index is 390. The molecule has 0 saturated carbocycles. The van der Waals surface area contributed by atoms with Crippen molar-refractivity contribution in [3.63, 3.8) is 0 Å². The van der Waals surface area contributed by atoms with E-state index in [1.807, 2.05) is 19.1 Å². The first-order valence-electron chi connectivity index (χ1n) is 6.15. The fraction of sp³-hybridized carbons (Fsp3) is 0.500. The summed E-state index contributed by atoms with van der Waals surface area (Å²) in [5.74, 6) is 0.674. The number of halogens is 1. The van der Waals surface area contributed by atoms with E-state index in [0.29, 0.717) is 24.5 Å². The molecule has 1 rings (SSSR count). The number of hydrogen-bond donors (Lipinski definition) is 0. The van der Waals surface area contributed by atoms with Gasteiger partial charge in [-0.2, -0.15) is 0 Å². The van der Waals surface area contributed by atoms with Crippen LogP contribution in [0.15, 0.2) is 18.2 Å². The van der Waals surface area contributed by atoms with Gasteiger partial charge >= 0.3 is 0 Å². The second-order valence-corrected chi connectivity index (χ2v) is 5.39. The van der Waals surface area contributed by atoms with E-state index in [1.165, 1.54) is 5.56 Å². The molecule has 0 aliphatic heterocycles. The van der Waals surface area contributed by atoms with Gasteiger partial charge in [-0.3, -0.25) is 4.79 Å². The molecule has 0 fully saturated rings. The van der Waals surface area contributed by atoms with Gasteiger partial charge in [-0.05, 0) is 29.3 Å². The number of benzene rings is 1. The van der Waals surface area contributed by atoms with Crippen molar-refractivity contribution in [1.29, 1.82) is 0 Å². The van der Waals surface area contributed by atoms with Crippen LogP contribution in [0.5, 0.6) is 0 Å². The van der Waals surface area contributed by atoms with Crippen LogP contribution in [-0.2, 0) is 4.79 Å². The highest BCUT2D eigenvalue weighted by Gasteiger charge is 2.15. The molecule has 17 heavy (non-hydrogen) atoms. The third-order valence-electron chi connectivity index (χ3n) is 3.00. The van der Waals surface area contributed by atoms with Gasteiger partial charge in [-0.1, -0.05) is 44.0 Å². The standard InChI is InChI=1S/C14H20ClOP/c1-3-5-10(8-12(16)4-2)11-6-7-13(15)14(17)9-11/h6-7,9-10H,3-5,8,17H2,1-2H3. The number of rotatable bonds is 6. The zero-order valence-corrected chi connectivity index (χ0v) is 12.4. The maximum atomic E-state index is 11.6. The lowest BCUT2D eigenvalue weighted by Crippen LogP contribution is -2.08. The molecule has 1 aromatic rings. The highest BCUT2D eigenvalue weighted by Crippen LogP contribution is 2.26. The normalized spacial score (nSPS) is 12.5. The van der Waals surface area contributed by atoms with E-state index in [9.17, 15) is 4.79 Å². The molecule has 0 aliphatic rings. The van der Waals surface area contributed by atoms with E-state index >= 15 is 0 Å². The second-order valence-electron chi connectivity index (χ2n) is 4.36. The molecule has 0 saturated heterocycles. The number of ketones is 1. The molecule has 0 aliphatic carbocycles. The first-order valence-corrected chi connectivity index (χ1v) is 7.10. The summed E-state index contributed by atoms with van der Waals surface area (Å²) in [7, 11) is 2.64. The SMILES string of the molecule is CCCC(CC(=O)CC)c1ccc(Cl)c(P)c1. The minimum atomic E-state index is 0.337. The van der Waals surface area contributed by atoms with Crippen molar-refractivity contribution in [3.8, 4) is 0 Å². The van der Waals surface area contributed by atoms with Crippen LogP contribution >= 0.6 is 20.8 Å². The predicted octanol–water partition coefficient (Wildman–Crippen LogP) is 4.09. The van der Waals surface area contributed by atoms with Gasteiger partial charge in [-0.15, -0.1) is 9.24 Å². The first-order chi connectivity index (χ1) is 8.08. The van der Waals surface area contributed by atoms with E-state index in [0.717, 1.165) is 23.2 Å². The molecule has 0 amide bonds. The maximum absolute atomic E-state index is 11.6. The average Bonchev–Trinajstić information content (AvgIpc) is 2.32. The van der Waals surface area contributed by atoms with Gasteiger partial charge in [0.25, 0.3) is 0 Å². The maximum Gasteiger partial charge on any atom is 0.133 e. The Kier molecular flexibility index (Phi) is 6.16. The third kappa shape index (κ3) is 4.41. The number of carbonyl (C=O) groups is 1. The van der Waals surface area contributed by atoms with E-state index in [2.05, 4.69) is 22.2 Å². The molecule has 0 N–H and O–H groups in total. The van der Waals surface area contributed by atoms with Crippen molar-refractivity contribution in [3.05, 3.63) is 28.8 Å². The molecule has 0 heterocycles. The Hall–Kier alpha value is -0.390. The molecule has 0 spiro atoms. The van der Waals surface area contributed by atoms with Crippen LogP contribution in [0.1, 0.15) is 51.0 Å². The molecular formula is C14H20ClOP. The Morgan fingerprint density at radius 3 is 2.65 bits per heavy atom. The Morgan fingerprint density at radius 1 is 1.41 bits per heavy atom. The highest BCUT2D eigenvalue weighted by molar-refractivity contribution is 7.28. The molecule has 0 bridgehead atoms. The molecule has 94 valence electrons. The van der Waals surface area contributed by atoms with Gasteiger partial charge in [0.15, 0.2) is 0 Å². The van der Waals surface area contributed by atoms with Crippen LogP contribution < -0.4 is 5.30 Å². The molecule has 0 aromatic heterocycles. The zero-order valence-electron chi connectivity index (χ0n) is 10.5.